The van der Waals surface area contributed by atoms with E-state index >= 15 is 0 Å². The number of carbonyl (C=O) groups is 2. The third kappa shape index (κ3) is 4.31. The van der Waals surface area contributed by atoms with Crippen molar-refractivity contribution < 1.29 is 22.7 Å². The number of esters is 1. The Morgan fingerprint density at radius 1 is 1.18 bits per heavy atom. The lowest BCUT2D eigenvalue weighted by Crippen LogP contribution is -2.39. The van der Waals surface area contributed by atoms with Crippen molar-refractivity contribution in [3.63, 3.8) is 0 Å². The van der Waals surface area contributed by atoms with Crippen LogP contribution in [0.1, 0.15) is 11.1 Å². The highest BCUT2D eigenvalue weighted by molar-refractivity contribution is 8.00. The van der Waals surface area contributed by atoms with Crippen LogP contribution >= 0.6 is 11.8 Å². The molecule has 0 atom stereocenters. The molecule has 3 rings (SSSR count). The number of nitrogens with zero attached hydrogens (tertiary/aromatic N) is 1. The minimum Gasteiger partial charge on any atom is -0.468 e. The number of methoxy groups -OCH3 is 1. The number of amides is 1. The summed E-state index contributed by atoms with van der Waals surface area (Å²) in [7, 11) is -2.63. The monoisotopic (exact) mass is 420 g/mol. The van der Waals surface area contributed by atoms with Gasteiger partial charge in [0.05, 0.1) is 23.4 Å². The zero-order chi connectivity index (χ0) is 20.5. The molecule has 28 heavy (non-hydrogen) atoms. The van der Waals surface area contributed by atoms with Crippen molar-refractivity contribution in [3.8, 4) is 0 Å². The first kappa shape index (κ1) is 20.2. The van der Waals surface area contributed by atoms with E-state index in [0.717, 1.165) is 16.0 Å². The van der Waals surface area contributed by atoms with Crippen molar-refractivity contribution in [2.75, 3.05) is 29.0 Å². The molecule has 0 unspecified atom stereocenters. The van der Waals surface area contributed by atoms with E-state index in [1.807, 2.05) is 19.9 Å². The Kier molecular flexibility index (Phi) is 5.66. The SMILES string of the molecule is COC(=O)CN1C(=O)CSc2ccc(S(=O)(=O)Nc3cc(C)cc(C)c3)cc21. The molecule has 9 heteroatoms. The second-order valence-corrected chi connectivity index (χ2v) is 9.16. The summed E-state index contributed by atoms with van der Waals surface area (Å²) < 4.78 is 32.9. The summed E-state index contributed by atoms with van der Waals surface area (Å²) >= 11 is 1.30. The van der Waals surface area contributed by atoms with Gasteiger partial charge in [-0.2, -0.15) is 0 Å². The van der Waals surface area contributed by atoms with Crippen molar-refractivity contribution >= 4 is 45.0 Å². The van der Waals surface area contributed by atoms with Gasteiger partial charge in [0, 0.05) is 10.6 Å². The molecule has 1 amide bonds. The number of carbonyl (C=O) groups excluding carboxylic acids is 2. The smallest absolute Gasteiger partial charge is 0.325 e. The van der Waals surface area contributed by atoms with E-state index in [4.69, 9.17) is 0 Å². The van der Waals surface area contributed by atoms with Crippen LogP contribution in [0.3, 0.4) is 0 Å². The number of ether oxygens (including phenoxy) is 1. The fourth-order valence-electron chi connectivity index (χ4n) is 2.96. The lowest BCUT2D eigenvalue weighted by molar-refractivity contribution is -0.139. The molecule has 7 nitrogen and oxygen atoms in total. The van der Waals surface area contributed by atoms with E-state index in [2.05, 4.69) is 9.46 Å². The van der Waals surface area contributed by atoms with Crippen molar-refractivity contribution in [3.05, 3.63) is 47.5 Å². The van der Waals surface area contributed by atoms with E-state index in [9.17, 15) is 18.0 Å². The highest BCUT2D eigenvalue weighted by Gasteiger charge is 2.28. The Hall–Kier alpha value is -2.52. The van der Waals surface area contributed by atoms with Gasteiger partial charge in [-0.1, -0.05) is 6.07 Å². The van der Waals surface area contributed by atoms with Gasteiger partial charge in [0.1, 0.15) is 6.54 Å². The average Bonchev–Trinajstić information content (AvgIpc) is 2.62. The van der Waals surface area contributed by atoms with Gasteiger partial charge in [0.25, 0.3) is 10.0 Å². The van der Waals surface area contributed by atoms with Crippen molar-refractivity contribution in [1.82, 2.24) is 0 Å². The molecule has 2 aromatic rings. The molecule has 1 aliphatic heterocycles. The maximum Gasteiger partial charge on any atom is 0.325 e. The van der Waals surface area contributed by atoms with Crippen LogP contribution in [0.5, 0.6) is 0 Å². The predicted octanol–water partition coefficient (Wildman–Crippen LogP) is 2.72. The first-order valence-electron chi connectivity index (χ1n) is 8.45. The number of aryl methyl sites for hydroxylation is 2. The molecular weight excluding hydrogens is 400 g/mol. The molecule has 0 radical (unpaired) electrons. The van der Waals surface area contributed by atoms with Gasteiger partial charge >= 0.3 is 5.97 Å². The Morgan fingerprint density at radius 3 is 2.50 bits per heavy atom. The number of fused-ring (bicyclic) bond motifs is 1. The summed E-state index contributed by atoms with van der Waals surface area (Å²) in [6.45, 7) is 3.51. The second kappa shape index (κ2) is 7.84. The summed E-state index contributed by atoms with van der Waals surface area (Å²) in [4.78, 5) is 25.9. The van der Waals surface area contributed by atoms with E-state index in [1.165, 1.54) is 35.9 Å². The number of nitrogens with one attached hydrogen (secondary N) is 1. The lowest BCUT2D eigenvalue weighted by atomic mass is 10.1. The second-order valence-electron chi connectivity index (χ2n) is 6.46. The van der Waals surface area contributed by atoms with E-state index < -0.39 is 16.0 Å². The van der Waals surface area contributed by atoms with Crippen LogP contribution in [0, 0.1) is 13.8 Å². The number of anilines is 2. The van der Waals surface area contributed by atoms with E-state index in [-0.39, 0.29) is 23.1 Å². The molecule has 1 N–H and O–H groups in total. The molecule has 0 spiro atoms. The molecule has 0 fully saturated rings. The minimum absolute atomic E-state index is 0.00979. The minimum atomic E-state index is -3.87. The molecule has 148 valence electrons. The topological polar surface area (TPSA) is 92.8 Å². The van der Waals surface area contributed by atoms with Crippen molar-refractivity contribution in [2.24, 2.45) is 0 Å². The molecule has 1 aliphatic rings. The number of hydrogen-bond acceptors (Lipinski definition) is 6. The largest absolute Gasteiger partial charge is 0.468 e. The highest BCUT2D eigenvalue weighted by atomic mass is 32.2. The number of benzene rings is 2. The normalized spacial score (nSPS) is 13.8. The van der Waals surface area contributed by atoms with Gasteiger partial charge < -0.3 is 4.74 Å². The van der Waals surface area contributed by atoms with Crippen LogP contribution in [0.4, 0.5) is 11.4 Å². The third-order valence-electron chi connectivity index (χ3n) is 4.17. The first-order valence-corrected chi connectivity index (χ1v) is 10.9. The Labute approximate surface area is 168 Å². The first-order chi connectivity index (χ1) is 13.2. The van der Waals surface area contributed by atoms with Crippen LogP contribution in [0.2, 0.25) is 0 Å². The summed E-state index contributed by atoms with van der Waals surface area (Å²) in [6.07, 6.45) is 0. The fraction of sp³-hybridized carbons (Fsp3) is 0.263. The maximum atomic E-state index is 12.9. The third-order valence-corrected chi connectivity index (χ3v) is 6.60. The molecule has 0 bridgehead atoms. The van der Waals surface area contributed by atoms with Gasteiger partial charge in [-0.25, -0.2) is 8.42 Å². The summed E-state index contributed by atoms with van der Waals surface area (Å²) in [5.41, 5.74) is 2.73. The summed E-state index contributed by atoms with van der Waals surface area (Å²) in [5.74, 6) is -0.677. The van der Waals surface area contributed by atoms with Gasteiger partial charge in [-0.15, -0.1) is 11.8 Å². The number of thioether (sulfide) groups is 1. The average molecular weight is 421 g/mol. The van der Waals surface area contributed by atoms with Crippen LogP contribution in [-0.4, -0.2) is 39.7 Å². The number of hydrogen-bond donors (Lipinski definition) is 1. The molecular formula is C19H20N2O5S2. The van der Waals surface area contributed by atoms with Gasteiger partial charge in [0.2, 0.25) is 5.91 Å². The summed E-state index contributed by atoms with van der Waals surface area (Å²) in [6, 6.07) is 9.98. The highest BCUT2D eigenvalue weighted by Crippen LogP contribution is 2.37. The van der Waals surface area contributed by atoms with Crippen LogP contribution in [0.25, 0.3) is 0 Å². The Bertz CT molecular complexity index is 1030. The van der Waals surface area contributed by atoms with Gasteiger partial charge in [-0.3, -0.25) is 19.2 Å². The zero-order valence-corrected chi connectivity index (χ0v) is 17.3. The number of sulfonamides is 1. The zero-order valence-electron chi connectivity index (χ0n) is 15.7. The lowest BCUT2D eigenvalue weighted by Gasteiger charge is -2.28. The molecule has 0 saturated heterocycles. The summed E-state index contributed by atoms with van der Waals surface area (Å²) in [5, 5.41) is 0. The van der Waals surface area contributed by atoms with Crippen molar-refractivity contribution in [2.45, 2.75) is 23.6 Å². The Balaban J connectivity index is 1.97. The van der Waals surface area contributed by atoms with Crippen molar-refractivity contribution in [1.29, 1.82) is 0 Å². The quantitative estimate of drug-likeness (QED) is 0.748. The molecule has 0 aromatic heterocycles. The molecule has 1 heterocycles. The fourth-order valence-corrected chi connectivity index (χ4v) is 4.94. The van der Waals surface area contributed by atoms with Gasteiger partial charge in [-0.05, 0) is 55.3 Å². The number of rotatable bonds is 5. The van der Waals surface area contributed by atoms with Gasteiger partial charge in [0.15, 0.2) is 0 Å². The van der Waals surface area contributed by atoms with E-state index in [1.54, 1.807) is 18.2 Å². The van der Waals surface area contributed by atoms with Crippen LogP contribution in [-0.2, 0) is 24.3 Å². The Morgan fingerprint density at radius 2 is 1.86 bits per heavy atom. The molecule has 2 aromatic carbocycles. The maximum absolute atomic E-state index is 12.9. The predicted molar refractivity (Wildman–Crippen MR) is 108 cm³/mol. The standard InChI is InChI=1S/C19H20N2O5S2/c1-12-6-13(2)8-14(7-12)20-28(24,25)15-4-5-17-16(9-15)21(10-19(23)26-3)18(22)11-27-17/h4-9,20H,10-11H2,1-3H3. The van der Waals surface area contributed by atoms with E-state index in [0.29, 0.717) is 11.4 Å². The van der Waals surface area contributed by atoms with Crippen LogP contribution < -0.4 is 9.62 Å². The van der Waals surface area contributed by atoms with Crippen LogP contribution in [0.15, 0.2) is 46.2 Å². The molecule has 0 aliphatic carbocycles. The molecule has 0 saturated carbocycles.